The normalized spacial score (nSPS) is 22.1. The highest BCUT2D eigenvalue weighted by Gasteiger charge is 2.55. The number of benzene rings is 1. The number of fused-ring (bicyclic) bond motifs is 1. The van der Waals surface area contributed by atoms with Crippen molar-refractivity contribution in [2.45, 2.75) is 22.1 Å². The number of rotatable bonds is 6. The van der Waals surface area contributed by atoms with Crippen LogP contribution in [0.15, 0.2) is 46.8 Å². The molecule has 7 nitrogen and oxygen atoms in total. The quantitative estimate of drug-likeness (QED) is 0.228. The first-order chi connectivity index (χ1) is 13.2. The van der Waals surface area contributed by atoms with Crippen molar-refractivity contribution < 1.29 is 24.2 Å². The third-order valence-corrected chi connectivity index (χ3v) is 5.34. The van der Waals surface area contributed by atoms with Crippen LogP contribution in [0.4, 0.5) is 0 Å². The van der Waals surface area contributed by atoms with Crippen LogP contribution in [-0.4, -0.2) is 55.3 Å². The fraction of sp³-hybridized carbons (Fsp3) is 0.353. The summed E-state index contributed by atoms with van der Waals surface area (Å²) in [7, 11) is 0. The lowest BCUT2D eigenvalue weighted by Crippen LogP contribution is -2.61. The summed E-state index contributed by atoms with van der Waals surface area (Å²) in [4.78, 5) is 30.2. The van der Waals surface area contributed by atoms with Gasteiger partial charge in [0.1, 0.15) is 35.1 Å². The van der Waals surface area contributed by atoms with Gasteiger partial charge in [-0.25, -0.2) is 4.79 Å². The minimum absolute atomic E-state index is 0.192. The third kappa shape index (κ3) is 4.68. The molecule has 2 heterocycles. The molecule has 150 valence electrons. The molecule has 11 heteroatoms. The van der Waals surface area contributed by atoms with Crippen LogP contribution >= 0.6 is 46.6 Å². The number of para-hydroxylation sites is 1. The Morgan fingerprint density at radius 3 is 2.61 bits per heavy atom. The number of thioether (sulfide) groups is 1. The summed E-state index contributed by atoms with van der Waals surface area (Å²) >= 11 is 18.0. The zero-order valence-electron chi connectivity index (χ0n) is 14.5. The summed E-state index contributed by atoms with van der Waals surface area (Å²) in [6, 6.07) is 8.54. The lowest BCUT2D eigenvalue weighted by Gasteiger charge is -2.41. The first-order valence-electron chi connectivity index (χ1n) is 8.05. The second kappa shape index (κ2) is 8.41. The molecule has 0 bridgehead atoms. The molecule has 0 aromatic heterocycles. The highest BCUT2D eigenvalue weighted by Crippen LogP contribution is 2.42. The van der Waals surface area contributed by atoms with Crippen LogP contribution in [0.1, 0.15) is 6.92 Å². The Bertz CT molecular complexity index is 837. The number of aliphatic hydroxyl groups excluding tert-OH is 1. The van der Waals surface area contributed by atoms with Crippen molar-refractivity contribution >= 4 is 63.5 Å². The zero-order valence-corrected chi connectivity index (χ0v) is 17.6. The summed E-state index contributed by atoms with van der Waals surface area (Å²) in [5.74, 6) is -1.10. The molecule has 0 spiro atoms. The number of aliphatic hydroxyl groups is 1. The van der Waals surface area contributed by atoms with Crippen LogP contribution < -0.4 is 4.74 Å². The number of carbonyl (C=O) groups excluding carboxylic acids is 2. The summed E-state index contributed by atoms with van der Waals surface area (Å²) < 4.78 is 8.73. The summed E-state index contributed by atoms with van der Waals surface area (Å²) in [5, 5.41) is 10.1. The van der Waals surface area contributed by atoms with Crippen molar-refractivity contribution in [1.82, 2.24) is 4.90 Å². The van der Waals surface area contributed by atoms with Gasteiger partial charge in [-0.2, -0.15) is 0 Å². The van der Waals surface area contributed by atoms with Crippen molar-refractivity contribution in [2.24, 2.45) is 4.99 Å². The molecule has 1 amide bonds. The monoisotopic (exact) mass is 464 g/mol. The molecule has 2 unspecified atom stereocenters. The van der Waals surface area contributed by atoms with Crippen LogP contribution in [-0.2, 0) is 14.3 Å². The Kier molecular flexibility index (Phi) is 6.34. The Morgan fingerprint density at radius 1 is 1.32 bits per heavy atom. The highest BCUT2D eigenvalue weighted by atomic mass is 35.6. The Morgan fingerprint density at radius 2 is 2.00 bits per heavy atom. The summed E-state index contributed by atoms with van der Waals surface area (Å²) in [6.45, 7) is 0.938. The molecule has 0 saturated carbocycles. The molecule has 28 heavy (non-hydrogen) atoms. The van der Waals surface area contributed by atoms with Crippen molar-refractivity contribution in [3.63, 3.8) is 0 Å². The van der Waals surface area contributed by atoms with E-state index >= 15 is 0 Å². The number of nitrogens with zero attached hydrogens (tertiary/aromatic N) is 2. The van der Waals surface area contributed by atoms with Crippen molar-refractivity contribution in [3.8, 4) is 5.75 Å². The van der Waals surface area contributed by atoms with Gasteiger partial charge >= 0.3 is 5.97 Å². The van der Waals surface area contributed by atoms with Crippen LogP contribution in [0.2, 0.25) is 0 Å². The highest BCUT2D eigenvalue weighted by molar-refractivity contribution is 8.15. The maximum absolute atomic E-state index is 12.4. The molecule has 2 atom stereocenters. The van der Waals surface area contributed by atoms with E-state index in [9.17, 15) is 14.7 Å². The SMILES string of the molecule is CC(O)=C(C(=O)OCC(Cl)(Cl)Cl)N1C(=O)C2N=C(COc3ccccc3)SC21. The molecule has 1 aromatic rings. The van der Waals surface area contributed by atoms with E-state index in [0.717, 1.165) is 4.90 Å². The van der Waals surface area contributed by atoms with Crippen LogP contribution in [0.3, 0.4) is 0 Å². The Hall–Kier alpha value is -1.61. The largest absolute Gasteiger partial charge is 0.510 e. The van der Waals surface area contributed by atoms with Gasteiger partial charge in [0.05, 0.1) is 0 Å². The maximum Gasteiger partial charge on any atom is 0.358 e. The molecular weight excluding hydrogens is 451 g/mol. The number of halogens is 3. The fourth-order valence-electron chi connectivity index (χ4n) is 2.62. The van der Waals surface area contributed by atoms with E-state index in [1.165, 1.54) is 18.7 Å². The van der Waals surface area contributed by atoms with E-state index in [-0.39, 0.29) is 18.1 Å². The number of allylic oxidation sites excluding steroid dienone is 1. The number of alkyl halides is 3. The van der Waals surface area contributed by atoms with Gasteiger partial charge in [-0.3, -0.25) is 14.7 Å². The van der Waals surface area contributed by atoms with E-state index in [4.69, 9.17) is 44.3 Å². The Balaban J connectivity index is 1.64. The number of ether oxygens (including phenoxy) is 2. The zero-order chi connectivity index (χ0) is 20.5. The molecular formula is C17H15Cl3N2O5S. The number of carbonyl (C=O) groups is 2. The first-order valence-corrected chi connectivity index (χ1v) is 10.1. The second-order valence-corrected chi connectivity index (χ2v) is 9.62. The molecule has 0 aliphatic carbocycles. The topological polar surface area (TPSA) is 88.4 Å². The van der Waals surface area contributed by atoms with Gasteiger partial charge in [0.15, 0.2) is 11.7 Å². The van der Waals surface area contributed by atoms with Gasteiger partial charge in [-0.1, -0.05) is 64.8 Å². The Labute approximate surface area is 180 Å². The smallest absolute Gasteiger partial charge is 0.358 e. The van der Waals surface area contributed by atoms with E-state index in [1.807, 2.05) is 30.3 Å². The average Bonchev–Trinajstić information content (AvgIpc) is 3.01. The van der Waals surface area contributed by atoms with E-state index < -0.39 is 33.7 Å². The van der Waals surface area contributed by atoms with Gasteiger partial charge in [0.2, 0.25) is 3.79 Å². The van der Waals surface area contributed by atoms with Gasteiger partial charge in [0.25, 0.3) is 5.91 Å². The molecule has 2 aliphatic heterocycles. The molecule has 1 saturated heterocycles. The molecule has 3 rings (SSSR count). The van der Waals surface area contributed by atoms with Crippen molar-refractivity contribution in [2.75, 3.05) is 13.2 Å². The minimum atomic E-state index is -1.81. The summed E-state index contributed by atoms with van der Waals surface area (Å²) in [6.07, 6.45) is 0. The predicted molar refractivity (Wildman–Crippen MR) is 108 cm³/mol. The summed E-state index contributed by atoms with van der Waals surface area (Å²) in [5.41, 5.74) is -0.298. The molecule has 1 fully saturated rings. The molecule has 1 N–H and O–H groups in total. The number of esters is 1. The number of likely N-dealkylation sites (tertiary alicyclic amines) is 1. The van der Waals surface area contributed by atoms with Gasteiger partial charge in [0, 0.05) is 0 Å². The average molecular weight is 466 g/mol. The predicted octanol–water partition coefficient (Wildman–Crippen LogP) is 3.45. The fourth-order valence-corrected chi connectivity index (χ4v) is 3.98. The number of hydrogen-bond acceptors (Lipinski definition) is 7. The van der Waals surface area contributed by atoms with Crippen molar-refractivity contribution in [3.05, 3.63) is 41.8 Å². The van der Waals surface area contributed by atoms with E-state index in [2.05, 4.69) is 4.99 Å². The maximum atomic E-state index is 12.4. The van der Waals surface area contributed by atoms with Gasteiger partial charge in [-0.05, 0) is 19.1 Å². The van der Waals surface area contributed by atoms with Crippen LogP contribution in [0, 0.1) is 0 Å². The number of aliphatic imine (C=N–C) groups is 1. The van der Waals surface area contributed by atoms with E-state index in [1.54, 1.807) is 0 Å². The number of β-lactam (4-membered cyclic amide) rings is 1. The standard InChI is InChI=1S/C17H15Cl3N2O5S/c1-9(23)13(16(25)27-8-17(18,19)20)22-14(24)12-15(22)28-11(21-12)7-26-10-5-3-2-4-6-10/h2-6,12,15,23H,7-8H2,1H3. The molecule has 1 aromatic carbocycles. The number of hydrogen-bond donors (Lipinski definition) is 1. The van der Waals surface area contributed by atoms with Crippen LogP contribution in [0.5, 0.6) is 5.75 Å². The first kappa shape index (κ1) is 21.1. The van der Waals surface area contributed by atoms with Gasteiger partial charge in [-0.15, -0.1) is 0 Å². The third-order valence-electron chi connectivity index (χ3n) is 3.80. The minimum Gasteiger partial charge on any atom is -0.510 e. The van der Waals surface area contributed by atoms with Crippen LogP contribution in [0.25, 0.3) is 0 Å². The molecule has 2 aliphatic rings. The van der Waals surface area contributed by atoms with Crippen molar-refractivity contribution in [1.29, 1.82) is 0 Å². The lowest BCUT2D eigenvalue weighted by molar-refractivity contribution is -0.150. The molecule has 0 radical (unpaired) electrons. The lowest BCUT2D eigenvalue weighted by atomic mass is 10.1. The van der Waals surface area contributed by atoms with E-state index in [0.29, 0.717) is 10.8 Å². The van der Waals surface area contributed by atoms with Gasteiger partial charge < -0.3 is 14.6 Å². The number of amides is 1. The second-order valence-electron chi connectivity index (χ2n) is 5.91.